The number of rotatable bonds is 2. The van der Waals surface area contributed by atoms with Crippen LogP contribution in [-0.2, 0) is 0 Å². The molecule has 0 amide bonds. The van der Waals surface area contributed by atoms with E-state index in [1.165, 1.54) is 48.0 Å². The SMILES string of the molecule is CC.CC.CC.CC.Cc1ccc(-c2cccc3c2sc2c(-c4ccccc4)cccc23)cc1. The van der Waals surface area contributed by atoms with Crippen molar-refractivity contribution < 1.29 is 0 Å². The Morgan fingerprint density at radius 1 is 0.412 bits per heavy atom. The summed E-state index contributed by atoms with van der Waals surface area (Å²) in [6, 6.07) is 32.9. The molecule has 34 heavy (non-hydrogen) atoms. The molecular formula is C33H42S. The summed E-state index contributed by atoms with van der Waals surface area (Å²) in [6.07, 6.45) is 0. The molecule has 0 bridgehead atoms. The van der Waals surface area contributed by atoms with Crippen molar-refractivity contribution in [2.45, 2.75) is 62.3 Å². The first-order valence-electron chi connectivity index (χ1n) is 12.9. The van der Waals surface area contributed by atoms with Gasteiger partial charge in [0.1, 0.15) is 0 Å². The largest absolute Gasteiger partial charge is 0.134 e. The molecule has 0 aliphatic heterocycles. The molecule has 0 N–H and O–H groups in total. The van der Waals surface area contributed by atoms with Crippen molar-refractivity contribution in [2.75, 3.05) is 0 Å². The van der Waals surface area contributed by atoms with Gasteiger partial charge in [-0.05, 0) is 29.2 Å². The number of aryl methyl sites for hydroxylation is 1. The Balaban J connectivity index is 0.000000659. The third-order valence-electron chi connectivity index (χ3n) is 4.97. The van der Waals surface area contributed by atoms with E-state index in [4.69, 9.17) is 0 Å². The fourth-order valence-electron chi connectivity index (χ4n) is 3.63. The average molecular weight is 471 g/mol. The molecule has 1 heterocycles. The lowest BCUT2D eigenvalue weighted by Crippen LogP contribution is -1.79. The van der Waals surface area contributed by atoms with Crippen molar-refractivity contribution in [3.8, 4) is 22.3 Å². The van der Waals surface area contributed by atoms with Crippen LogP contribution in [0, 0.1) is 6.92 Å². The highest BCUT2D eigenvalue weighted by molar-refractivity contribution is 7.26. The van der Waals surface area contributed by atoms with E-state index in [9.17, 15) is 0 Å². The van der Waals surface area contributed by atoms with Crippen molar-refractivity contribution in [3.05, 3.63) is 96.6 Å². The summed E-state index contributed by atoms with van der Waals surface area (Å²) in [5, 5.41) is 2.70. The van der Waals surface area contributed by atoms with E-state index in [2.05, 4.69) is 97.9 Å². The Labute approximate surface area is 212 Å². The molecule has 0 unspecified atom stereocenters. The van der Waals surface area contributed by atoms with Crippen LogP contribution in [-0.4, -0.2) is 0 Å². The maximum Gasteiger partial charge on any atom is 0.0434 e. The average Bonchev–Trinajstić information content (AvgIpc) is 3.33. The molecule has 0 fully saturated rings. The highest BCUT2D eigenvalue weighted by Gasteiger charge is 2.13. The number of hydrogen-bond donors (Lipinski definition) is 0. The molecule has 0 spiro atoms. The van der Waals surface area contributed by atoms with Crippen LogP contribution in [0.15, 0.2) is 91.0 Å². The molecule has 4 aromatic carbocycles. The molecule has 0 aliphatic rings. The summed E-state index contributed by atoms with van der Waals surface area (Å²) >= 11 is 1.91. The third-order valence-corrected chi connectivity index (χ3v) is 6.26. The van der Waals surface area contributed by atoms with Gasteiger partial charge >= 0.3 is 0 Å². The van der Waals surface area contributed by atoms with Crippen molar-refractivity contribution in [1.29, 1.82) is 0 Å². The first-order valence-corrected chi connectivity index (χ1v) is 13.7. The first-order chi connectivity index (χ1) is 16.8. The second-order valence-corrected chi connectivity index (χ2v) is 7.72. The Hall–Kier alpha value is -2.90. The van der Waals surface area contributed by atoms with Crippen molar-refractivity contribution >= 4 is 31.5 Å². The fraction of sp³-hybridized carbons (Fsp3) is 0.273. The minimum absolute atomic E-state index is 1.28. The molecule has 5 rings (SSSR count). The lowest BCUT2D eigenvalue weighted by Gasteiger charge is -2.04. The van der Waals surface area contributed by atoms with Gasteiger partial charge in [-0.1, -0.05) is 152 Å². The summed E-state index contributed by atoms with van der Waals surface area (Å²) in [5.74, 6) is 0. The molecule has 5 aromatic rings. The smallest absolute Gasteiger partial charge is 0.0434 e. The van der Waals surface area contributed by atoms with Gasteiger partial charge in [0.25, 0.3) is 0 Å². The van der Waals surface area contributed by atoms with Gasteiger partial charge < -0.3 is 0 Å². The predicted octanol–water partition coefficient (Wildman–Crippen LogP) is 11.8. The Kier molecular flexibility index (Phi) is 13.6. The minimum atomic E-state index is 1.28. The van der Waals surface area contributed by atoms with Crippen LogP contribution in [0.3, 0.4) is 0 Å². The topological polar surface area (TPSA) is 0 Å². The summed E-state index contributed by atoms with van der Waals surface area (Å²) in [6.45, 7) is 18.1. The Morgan fingerprint density at radius 3 is 1.26 bits per heavy atom. The lowest BCUT2D eigenvalue weighted by molar-refractivity contribution is 1.47. The maximum atomic E-state index is 2.25. The van der Waals surface area contributed by atoms with E-state index in [-0.39, 0.29) is 0 Å². The molecular weight excluding hydrogens is 428 g/mol. The zero-order valence-electron chi connectivity index (χ0n) is 22.6. The molecule has 180 valence electrons. The van der Waals surface area contributed by atoms with E-state index in [1.807, 2.05) is 66.7 Å². The predicted molar refractivity (Wildman–Crippen MR) is 160 cm³/mol. The number of fused-ring (bicyclic) bond motifs is 3. The van der Waals surface area contributed by atoms with Gasteiger partial charge in [-0.2, -0.15) is 0 Å². The van der Waals surface area contributed by atoms with Crippen molar-refractivity contribution in [3.63, 3.8) is 0 Å². The van der Waals surface area contributed by atoms with Crippen LogP contribution in [0.25, 0.3) is 42.4 Å². The molecule has 0 saturated carbocycles. The highest BCUT2D eigenvalue weighted by Crippen LogP contribution is 2.43. The van der Waals surface area contributed by atoms with Gasteiger partial charge in [0.15, 0.2) is 0 Å². The second kappa shape index (κ2) is 15.9. The molecule has 1 heteroatoms. The van der Waals surface area contributed by atoms with Gasteiger partial charge in [0.05, 0.1) is 0 Å². The van der Waals surface area contributed by atoms with Gasteiger partial charge in [-0.15, -0.1) is 11.3 Å². The lowest BCUT2D eigenvalue weighted by atomic mass is 10.00. The van der Waals surface area contributed by atoms with Gasteiger partial charge in [-0.25, -0.2) is 0 Å². The number of hydrogen-bond acceptors (Lipinski definition) is 1. The van der Waals surface area contributed by atoms with Crippen molar-refractivity contribution in [2.24, 2.45) is 0 Å². The monoisotopic (exact) mass is 470 g/mol. The normalized spacial score (nSPS) is 9.32. The van der Waals surface area contributed by atoms with E-state index in [1.54, 1.807) is 0 Å². The van der Waals surface area contributed by atoms with E-state index in [0.29, 0.717) is 0 Å². The van der Waals surface area contributed by atoms with Crippen LogP contribution in [0.2, 0.25) is 0 Å². The van der Waals surface area contributed by atoms with Crippen LogP contribution >= 0.6 is 11.3 Å². The van der Waals surface area contributed by atoms with Crippen LogP contribution < -0.4 is 0 Å². The standard InChI is InChI=1S/C25H18S.4C2H6/c1-17-13-15-19(16-14-17)21-10-6-12-23-22-11-5-9-20(24(22)26-25(21)23)18-7-3-2-4-8-18;4*1-2/h2-16H,1H3;4*1-2H3. The maximum absolute atomic E-state index is 2.25. The summed E-state index contributed by atoms with van der Waals surface area (Å²) in [4.78, 5) is 0. The molecule has 0 saturated heterocycles. The molecule has 0 aliphatic carbocycles. The number of thiophene rings is 1. The third kappa shape index (κ3) is 6.58. The van der Waals surface area contributed by atoms with Gasteiger partial charge in [0, 0.05) is 20.2 Å². The first kappa shape index (κ1) is 29.1. The highest BCUT2D eigenvalue weighted by atomic mass is 32.1. The summed E-state index contributed by atoms with van der Waals surface area (Å²) in [7, 11) is 0. The molecule has 0 nitrogen and oxygen atoms in total. The van der Waals surface area contributed by atoms with Gasteiger partial charge in [0.2, 0.25) is 0 Å². The molecule has 0 atom stereocenters. The minimum Gasteiger partial charge on any atom is -0.134 e. The summed E-state index contributed by atoms with van der Waals surface area (Å²) < 4.78 is 2.74. The van der Waals surface area contributed by atoms with E-state index >= 15 is 0 Å². The summed E-state index contributed by atoms with van der Waals surface area (Å²) in [5.41, 5.74) is 6.50. The van der Waals surface area contributed by atoms with Crippen molar-refractivity contribution in [1.82, 2.24) is 0 Å². The zero-order valence-corrected chi connectivity index (χ0v) is 23.4. The second-order valence-electron chi connectivity index (χ2n) is 6.70. The molecule has 1 aromatic heterocycles. The van der Waals surface area contributed by atoms with Crippen LogP contribution in [0.5, 0.6) is 0 Å². The van der Waals surface area contributed by atoms with Crippen LogP contribution in [0.1, 0.15) is 61.0 Å². The zero-order chi connectivity index (χ0) is 25.5. The Morgan fingerprint density at radius 2 is 0.824 bits per heavy atom. The van der Waals surface area contributed by atoms with Gasteiger partial charge in [-0.3, -0.25) is 0 Å². The van der Waals surface area contributed by atoms with E-state index < -0.39 is 0 Å². The van der Waals surface area contributed by atoms with Crippen LogP contribution in [0.4, 0.5) is 0 Å². The Bertz CT molecular complexity index is 1210. The van der Waals surface area contributed by atoms with E-state index in [0.717, 1.165) is 0 Å². The fourth-order valence-corrected chi connectivity index (χ4v) is 5.00. The number of benzene rings is 4. The quantitative estimate of drug-likeness (QED) is 0.240. The molecule has 0 radical (unpaired) electrons.